The van der Waals surface area contributed by atoms with Gasteiger partial charge in [-0.2, -0.15) is 18.2 Å². The maximum Gasteiger partial charge on any atom is 0.390 e. The van der Waals surface area contributed by atoms with Gasteiger partial charge in [-0.3, -0.25) is 9.80 Å². The van der Waals surface area contributed by atoms with Gasteiger partial charge in [0.1, 0.15) is 12.3 Å². The van der Waals surface area contributed by atoms with Crippen molar-refractivity contribution in [2.45, 2.75) is 57.0 Å². The summed E-state index contributed by atoms with van der Waals surface area (Å²) in [7, 11) is 0. The topological polar surface area (TPSA) is 134 Å². The zero-order valence-corrected chi connectivity index (χ0v) is 27.7. The Labute approximate surface area is 284 Å². The van der Waals surface area contributed by atoms with Crippen molar-refractivity contribution in [1.29, 1.82) is 0 Å². The van der Waals surface area contributed by atoms with Gasteiger partial charge >= 0.3 is 12.1 Å². The molecular weight excluding hydrogens is 645 g/mol. The van der Waals surface area contributed by atoms with E-state index in [0.717, 1.165) is 68.6 Å². The summed E-state index contributed by atoms with van der Waals surface area (Å²) in [5, 5.41) is 22.2. The fourth-order valence-electron chi connectivity index (χ4n) is 6.29. The number of nitrogens with zero attached hydrogens (tertiary/aromatic N) is 5. The van der Waals surface area contributed by atoms with Gasteiger partial charge in [-0.15, -0.1) is 0 Å². The van der Waals surface area contributed by atoms with E-state index < -0.39 is 18.6 Å². The smallest absolute Gasteiger partial charge is 0.390 e. The number of halogens is 3. The number of anilines is 1. The second-order valence-corrected chi connectivity index (χ2v) is 12.6. The normalized spacial score (nSPS) is 19.4. The van der Waals surface area contributed by atoms with Gasteiger partial charge < -0.3 is 34.3 Å². The Hall–Kier alpha value is -3.34. The van der Waals surface area contributed by atoms with Crippen LogP contribution in [0.5, 0.6) is 0 Å². The minimum absolute atomic E-state index is 0.139. The Morgan fingerprint density at radius 2 is 1.57 bits per heavy atom. The summed E-state index contributed by atoms with van der Waals surface area (Å²) in [5.74, 6) is -0.823. The van der Waals surface area contributed by atoms with Crippen LogP contribution in [-0.4, -0.2) is 132 Å². The number of piperazine rings is 1. The standard InChI is InChI=1S/C34H47F3N6O6/c35-34(36,37)9-10-38-33-39-21-29-30(23-43(32(29)40-33)27-5-7-28(44)8-6-27)26-3-1-25(2-4-26)22-42-13-11-41(12-14-42)15-16-47-17-18-48-19-20-49-24-31(45)46/h1-4,21,23,27-28,44H,5-20,22,24H2,(H,45,46)(H,38,39,40)/t27-,28-. The second-order valence-electron chi connectivity index (χ2n) is 12.6. The lowest BCUT2D eigenvalue weighted by molar-refractivity contribution is -0.142. The predicted molar refractivity (Wildman–Crippen MR) is 177 cm³/mol. The highest BCUT2D eigenvalue weighted by Gasteiger charge is 2.27. The number of alkyl halides is 3. The number of aromatic nitrogens is 3. The van der Waals surface area contributed by atoms with Crippen LogP contribution in [0, 0.1) is 0 Å². The summed E-state index contributed by atoms with van der Waals surface area (Å²) in [6, 6.07) is 8.64. The molecule has 1 aromatic carbocycles. The first-order valence-corrected chi connectivity index (χ1v) is 17.0. The average molecular weight is 693 g/mol. The number of carboxylic acid groups (broad SMARTS) is 1. The third kappa shape index (κ3) is 11.6. The number of nitrogens with one attached hydrogen (secondary N) is 1. The first-order valence-electron chi connectivity index (χ1n) is 17.0. The van der Waals surface area contributed by atoms with Crippen LogP contribution in [0.15, 0.2) is 36.7 Å². The third-order valence-electron chi connectivity index (χ3n) is 8.98. The van der Waals surface area contributed by atoms with Crippen LogP contribution >= 0.6 is 0 Å². The number of aliphatic carboxylic acids is 1. The number of carbonyl (C=O) groups is 1. The molecule has 5 rings (SSSR count). The van der Waals surface area contributed by atoms with E-state index in [-0.39, 0.29) is 37.9 Å². The number of fused-ring (bicyclic) bond motifs is 1. The number of benzene rings is 1. The quantitative estimate of drug-likeness (QED) is 0.166. The maximum atomic E-state index is 12.7. The first kappa shape index (κ1) is 36.9. The summed E-state index contributed by atoms with van der Waals surface area (Å²) in [4.78, 5) is 24.2. The number of ether oxygens (including phenoxy) is 3. The highest BCUT2D eigenvalue weighted by molar-refractivity contribution is 5.94. The highest BCUT2D eigenvalue weighted by Crippen LogP contribution is 2.37. The molecule has 2 aromatic heterocycles. The predicted octanol–water partition coefficient (Wildman–Crippen LogP) is 4.19. The number of aliphatic hydroxyl groups is 1. The molecule has 3 aromatic rings. The van der Waals surface area contributed by atoms with E-state index in [2.05, 4.69) is 60.1 Å². The van der Waals surface area contributed by atoms with E-state index in [1.54, 1.807) is 6.20 Å². The van der Waals surface area contributed by atoms with Gasteiger partial charge in [-0.1, -0.05) is 24.3 Å². The molecule has 1 aliphatic carbocycles. The van der Waals surface area contributed by atoms with Crippen LogP contribution < -0.4 is 5.32 Å². The monoisotopic (exact) mass is 692 g/mol. The van der Waals surface area contributed by atoms with E-state index in [1.807, 2.05) is 0 Å². The number of carboxylic acids is 1. The van der Waals surface area contributed by atoms with Crippen LogP contribution in [0.3, 0.4) is 0 Å². The molecule has 3 N–H and O–H groups in total. The lowest BCUT2D eigenvalue weighted by Crippen LogP contribution is -2.46. The molecule has 1 saturated carbocycles. The Morgan fingerprint density at radius 3 is 2.24 bits per heavy atom. The van der Waals surface area contributed by atoms with Crippen molar-refractivity contribution in [3.63, 3.8) is 0 Å². The van der Waals surface area contributed by atoms with Gasteiger partial charge in [0.15, 0.2) is 0 Å². The molecule has 0 atom stereocenters. The van der Waals surface area contributed by atoms with Crippen molar-refractivity contribution in [3.05, 3.63) is 42.2 Å². The second kappa shape index (κ2) is 18.1. The molecule has 1 aliphatic heterocycles. The van der Waals surface area contributed by atoms with Gasteiger partial charge in [-0.05, 0) is 36.8 Å². The molecule has 2 aliphatic rings. The van der Waals surface area contributed by atoms with Crippen molar-refractivity contribution in [2.75, 3.05) is 84.2 Å². The fraction of sp³-hybridized carbons (Fsp3) is 0.618. The highest BCUT2D eigenvalue weighted by atomic mass is 19.4. The van der Waals surface area contributed by atoms with Crippen molar-refractivity contribution in [1.82, 2.24) is 24.3 Å². The van der Waals surface area contributed by atoms with Crippen LogP contribution in [0.25, 0.3) is 22.2 Å². The molecule has 0 radical (unpaired) electrons. The molecule has 0 unspecified atom stereocenters. The molecule has 0 amide bonds. The van der Waals surface area contributed by atoms with E-state index in [1.165, 1.54) is 5.56 Å². The summed E-state index contributed by atoms with van der Waals surface area (Å²) in [6.45, 7) is 7.07. The maximum absolute atomic E-state index is 12.7. The summed E-state index contributed by atoms with van der Waals surface area (Å²) < 4.78 is 56.2. The van der Waals surface area contributed by atoms with Crippen LogP contribution in [0.4, 0.5) is 19.1 Å². The van der Waals surface area contributed by atoms with Crippen molar-refractivity contribution in [3.8, 4) is 11.1 Å². The zero-order chi connectivity index (χ0) is 34.6. The number of hydrogen-bond acceptors (Lipinski definition) is 10. The molecule has 2 fully saturated rings. The van der Waals surface area contributed by atoms with Gasteiger partial charge in [0.25, 0.3) is 0 Å². The molecule has 1 saturated heterocycles. The van der Waals surface area contributed by atoms with Crippen LogP contribution in [0.1, 0.15) is 43.7 Å². The lowest BCUT2D eigenvalue weighted by Gasteiger charge is -2.34. The van der Waals surface area contributed by atoms with E-state index in [9.17, 15) is 23.1 Å². The molecule has 270 valence electrons. The minimum Gasteiger partial charge on any atom is -0.480 e. The largest absolute Gasteiger partial charge is 0.480 e. The molecule has 0 spiro atoms. The number of hydrogen-bond donors (Lipinski definition) is 3. The van der Waals surface area contributed by atoms with E-state index >= 15 is 0 Å². The Balaban J connectivity index is 1.10. The lowest BCUT2D eigenvalue weighted by atomic mass is 9.93. The Bertz CT molecular complexity index is 1460. The van der Waals surface area contributed by atoms with E-state index in [0.29, 0.717) is 44.9 Å². The molecule has 3 heterocycles. The molecule has 12 nitrogen and oxygen atoms in total. The van der Waals surface area contributed by atoms with E-state index in [4.69, 9.17) is 19.3 Å². The summed E-state index contributed by atoms with van der Waals surface area (Å²) in [6.07, 6.45) is 1.23. The number of aliphatic hydroxyl groups excluding tert-OH is 1. The van der Waals surface area contributed by atoms with Crippen molar-refractivity contribution < 1.29 is 42.4 Å². The number of rotatable bonds is 18. The Kier molecular flexibility index (Phi) is 13.6. The summed E-state index contributed by atoms with van der Waals surface area (Å²) >= 11 is 0. The van der Waals surface area contributed by atoms with Gasteiger partial charge in [0.2, 0.25) is 5.95 Å². The first-order chi connectivity index (χ1) is 23.6. The Morgan fingerprint density at radius 1 is 0.918 bits per heavy atom. The zero-order valence-electron chi connectivity index (χ0n) is 27.7. The summed E-state index contributed by atoms with van der Waals surface area (Å²) in [5.41, 5.74) is 3.89. The minimum atomic E-state index is -4.26. The SMILES string of the molecule is O=C(O)COCCOCCOCCN1CCN(Cc2ccc(-c3cn([C@H]4CC[C@H](O)CC4)c4nc(NCCC(F)(F)F)ncc34)cc2)CC1. The van der Waals surface area contributed by atoms with Gasteiger partial charge in [-0.25, -0.2) is 9.78 Å². The molecule has 15 heteroatoms. The average Bonchev–Trinajstić information content (AvgIpc) is 3.45. The van der Waals surface area contributed by atoms with Gasteiger partial charge in [0.05, 0.1) is 45.6 Å². The van der Waals surface area contributed by atoms with Crippen LogP contribution in [-0.2, 0) is 25.5 Å². The fourth-order valence-corrected chi connectivity index (χ4v) is 6.29. The molecular formula is C34H47F3N6O6. The molecule has 49 heavy (non-hydrogen) atoms. The molecule has 0 bridgehead atoms. The van der Waals surface area contributed by atoms with Crippen LogP contribution in [0.2, 0.25) is 0 Å². The van der Waals surface area contributed by atoms with Crippen molar-refractivity contribution >= 4 is 23.0 Å². The van der Waals surface area contributed by atoms with Crippen molar-refractivity contribution in [2.24, 2.45) is 0 Å². The van der Waals surface area contributed by atoms with Gasteiger partial charge in [0, 0.05) is 75.2 Å². The third-order valence-corrected chi connectivity index (χ3v) is 8.98.